The van der Waals surface area contributed by atoms with Crippen LogP contribution in [0.5, 0.6) is 0 Å². The molecule has 1 nitrogen and oxygen atoms in total. The number of rotatable bonds is 17. The highest BCUT2D eigenvalue weighted by molar-refractivity contribution is 4.56. The smallest absolute Gasteiger partial charge is 0.0541 e. The monoisotopic (exact) mass is 311 g/mol. The highest BCUT2D eigenvalue weighted by atomic mass is 16.3. The summed E-state index contributed by atoms with van der Waals surface area (Å²) in [7, 11) is 0. The van der Waals surface area contributed by atoms with Crippen LogP contribution in [0, 0.1) is 12.8 Å². The molecule has 0 saturated carbocycles. The Labute approximate surface area is 141 Å². The molecule has 133 valence electrons. The van der Waals surface area contributed by atoms with Gasteiger partial charge in [0.2, 0.25) is 0 Å². The third-order valence-corrected chi connectivity index (χ3v) is 4.57. The average Bonchev–Trinajstić information content (AvgIpc) is 2.46. The lowest BCUT2D eigenvalue weighted by molar-refractivity contribution is 0.205. The minimum atomic E-state index is -0.352. The van der Waals surface area contributed by atoms with Crippen molar-refractivity contribution in [3.05, 3.63) is 6.92 Å². The van der Waals surface area contributed by atoms with Gasteiger partial charge < -0.3 is 5.11 Å². The van der Waals surface area contributed by atoms with Crippen molar-refractivity contribution in [1.29, 1.82) is 0 Å². The van der Waals surface area contributed by atoms with E-state index < -0.39 is 0 Å². The Bertz CT molecular complexity index is 176. The molecule has 0 bridgehead atoms. The molecule has 0 spiro atoms. The van der Waals surface area contributed by atoms with Gasteiger partial charge in [-0.2, -0.15) is 0 Å². The van der Waals surface area contributed by atoms with Gasteiger partial charge in [0.15, 0.2) is 0 Å². The van der Waals surface area contributed by atoms with Crippen molar-refractivity contribution in [1.82, 2.24) is 0 Å². The third-order valence-electron chi connectivity index (χ3n) is 4.57. The van der Waals surface area contributed by atoms with Crippen LogP contribution in [0.3, 0.4) is 0 Å². The highest BCUT2D eigenvalue weighted by Crippen LogP contribution is 2.14. The van der Waals surface area contributed by atoms with E-state index in [1.807, 2.05) is 0 Å². The molecule has 22 heavy (non-hydrogen) atoms. The first kappa shape index (κ1) is 22.0. The summed E-state index contributed by atoms with van der Waals surface area (Å²) in [6.45, 7) is 8.26. The van der Waals surface area contributed by atoms with E-state index in [4.69, 9.17) is 5.11 Å². The molecule has 1 radical (unpaired) electrons. The average molecular weight is 312 g/mol. The second kappa shape index (κ2) is 17.3. The summed E-state index contributed by atoms with van der Waals surface area (Å²) in [6.07, 6.45) is 21.5. The Hall–Kier alpha value is -0.0400. The van der Waals surface area contributed by atoms with Crippen molar-refractivity contribution >= 4 is 0 Å². The predicted molar refractivity (Wildman–Crippen MR) is 100 cm³/mol. The van der Waals surface area contributed by atoms with Crippen LogP contribution in [0.4, 0.5) is 0 Å². The van der Waals surface area contributed by atoms with Gasteiger partial charge in [-0.3, -0.25) is 0 Å². The molecule has 1 unspecified atom stereocenters. The number of aliphatic hydroxyl groups excluding tert-OH is 1. The van der Waals surface area contributed by atoms with E-state index in [-0.39, 0.29) is 6.10 Å². The zero-order valence-corrected chi connectivity index (χ0v) is 15.6. The van der Waals surface area contributed by atoms with Gasteiger partial charge in [-0.05, 0) is 19.3 Å². The van der Waals surface area contributed by atoms with Gasteiger partial charge in [-0.1, -0.05) is 110 Å². The molecular formula is C21H43O. The van der Waals surface area contributed by atoms with Crippen LogP contribution in [0.15, 0.2) is 0 Å². The Kier molecular flexibility index (Phi) is 17.3. The summed E-state index contributed by atoms with van der Waals surface area (Å²) < 4.78 is 0. The van der Waals surface area contributed by atoms with Crippen LogP contribution in [-0.2, 0) is 0 Å². The van der Waals surface area contributed by atoms with Crippen LogP contribution < -0.4 is 0 Å². The first-order chi connectivity index (χ1) is 10.6. The number of aliphatic hydroxyl groups is 1. The molecule has 0 aliphatic rings. The molecule has 0 rings (SSSR count). The summed E-state index contributed by atoms with van der Waals surface area (Å²) in [6, 6.07) is 0. The molecule has 1 heteroatoms. The van der Waals surface area contributed by atoms with Crippen LogP contribution >= 0.6 is 0 Å². The van der Waals surface area contributed by atoms with Crippen molar-refractivity contribution in [3.63, 3.8) is 0 Å². The lowest BCUT2D eigenvalue weighted by Gasteiger charge is -2.05. The van der Waals surface area contributed by atoms with Gasteiger partial charge in [0.1, 0.15) is 0 Å². The minimum absolute atomic E-state index is 0.352. The first-order valence-electron chi connectivity index (χ1n) is 10.1. The summed E-state index contributed by atoms with van der Waals surface area (Å²) in [5.74, 6) is 0.884. The molecule has 0 aromatic carbocycles. The van der Waals surface area contributed by atoms with E-state index in [1.165, 1.54) is 89.9 Å². The normalized spacial score (nSPS) is 13.0. The predicted octanol–water partition coefficient (Wildman–Crippen LogP) is 7.08. The van der Waals surface area contributed by atoms with Crippen molar-refractivity contribution in [2.75, 3.05) is 0 Å². The fourth-order valence-electron chi connectivity index (χ4n) is 3.05. The molecule has 0 aromatic heterocycles. The molecule has 1 atom stereocenters. The largest absolute Gasteiger partial charge is 0.393 e. The van der Waals surface area contributed by atoms with E-state index >= 15 is 0 Å². The van der Waals surface area contributed by atoms with E-state index in [1.54, 1.807) is 0 Å². The maximum Gasteiger partial charge on any atom is 0.0541 e. The summed E-state index contributed by atoms with van der Waals surface area (Å²) in [5, 5.41) is 9.07. The van der Waals surface area contributed by atoms with Crippen molar-refractivity contribution < 1.29 is 5.11 Å². The molecular weight excluding hydrogens is 268 g/mol. The Morgan fingerprint density at radius 3 is 1.09 bits per heavy atom. The topological polar surface area (TPSA) is 20.2 Å². The lowest BCUT2D eigenvalue weighted by atomic mass is 10.0. The maximum atomic E-state index is 9.07. The standard InChI is InChI=1S/C21H43O/c1-20(2)18-16-14-12-10-8-6-4-5-7-9-11-13-15-17-19-21(3)22/h20-22H,3-19H2,1-2H3. The van der Waals surface area contributed by atoms with Gasteiger partial charge in [-0.15, -0.1) is 0 Å². The van der Waals surface area contributed by atoms with E-state index in [2.05, 4.69) is 20.8 Å². The quantitative estimate of drug-likeness (QED) is 0.284. The maximum absolute atomic E-state index is 9.07. The molecule has 0 fully saturated rings. The summed E-state index contributed by atoms with van der Waals surface area (Å²) in [5.41, 5.74) is 0. The lowest BCUT2D eigenvalue weighted by Crippen LogP contribution is -1.98. The van der Waals surface area contributed by atoms with Gasteiger partial charge in [0, 0.05) is 0 Å². The highest BCUT2D eigenvalue weighted by Gasteiger charge is 1.97. The Morgan fingerprint density at radius 2 is 0.818 bits per heavy atom. The first-order valence-corrected chi connectivity index (χ1v) is 10.1. The van der Waals surface area contributed by atoms with Crippen LogP contribution in [-0.4, -0.2) is 11.2 Å². The molecule has 0 aromatic rings. The number of hydrogen-bond donors (Lipinski definition) is 1. The minimum Gasteiger partial charge on any atom is -0.393 e. The van der Waals surface area contributed by atoms with Crippen LogP contribution in [0.2, 0.25) is 0 Å². The van der Waals surface area contributed by atoms with Gasteiger partial charge in [0.25, 0.3) is 0 Å². The van der Waals surface area contributed by atoms with Crippen molar-refractivity contribution in [2.45, 2.75) is 123 Å². The number of unbranched alkanes of at least 4 members (excludes halogenated alkanes) is 13. The van der Waals surface area contributed by atoms with Gasteiger partial charge >= 0.3 is 0 Å². The van der Waals surface area contributed by atoms with Gasteiger partial charge in [-0.25, -0.2) is 0 Å². The summed E-state index contributed by atoms with van der Waals surface area (Å²) in [4.78, 5) is 0. The second-order valence-corrected chi connectivity index (χ2v) is 7.57. The molecule has 0 amide bonds. The molecule has 0 aliphatic heterocycles. The van der Waals surface area contributed by atoms with Crippen molar-refractivity contribution in [2.24, 2.45) is 5.92 Å². The van der Waals surface area contributed by atoms with Gasteiger partial charge in [0.05, 0.1) is 6.10 Å². The SMILES string of the molecule is [CH2]C(O)CCCCCCCCCCCCCCCCC(C)C. The van der Waals surface area contributed by atoms with E-state index in [0.717, 1.165) is 18.8 Å². The van der Waals surface area contributed by atoms with E-state index in [9.17, 15) is 0 Å². The van der Waals surface area contributed by atoms with Crippen molar-refractivity contribution in [3.8, 4) is 0 Å². The fourth-order valence-corrected chi connectivity index (χ4v) is 3.05. The molecule has 0 heterocycles. The zero-order valence-electron chi connectivity index (χ0n) is 15.6. The third kappa shape index (κ3) is 20.0. The Balaban J connectivity index is 2.97. The fraction of sp³-hybridized carbons (Fsp3) is 0.952. The van der Waals surface area contributed by atoms with Crippen LogP contribution in [0.1, 0.15) is 117 Å². The Morgan fingerprint density at radius 1 is 0.545 bits per heavy atom. The summed E-state index contributed by atoms with van der Waals surface area (Å²) >= 11 is 0. The number of hydrogen-bond acceptors (Lipinski definition) is 1. The molecule has 1 N–H and O–H groups in total. The van der Waals surface area contributed by atoms with Crippen LogP contribution in [0.25, 0.3) is 0 Å². The molecule has 0 aliphatic carbocycles. The van der Waals surface area contributed by atoms with E-state index in [0.29, 0.717) is 0 Å². The second-order valence-electron chi connectivity index (χ2n) is 7.57. The molecule has 0 saturated heterocycles. The zero-order chi connectivity index (χ0) is 16.5.